The number of carbonyl (C=O) groups excluding carboxylic acids is 2. The van der Waals surface area contributed by atoms with Crippen LogP contribution >= 0.6 is 11.6 Å². The van der Waals surface area contributed by atoms with E-state index < -0.39 is 5.91 Å². The lowest BCUT2D eigenvalue weighted by atomic mass is 10.1. The minimum Gasteiger partial charge on any atom is -0.491 e. The molecule has 2 rings (SSSR count). The van der Waals surface area contributed by atoms with Crippen molar-refractivity contribution in [3.05, 3.63) is 34.9 Å². The summed E-state index contributed by atoms with van der Waals surface area (Å²) in [6.45, 7) is 6.38. The Balaban J connectivity index is 2.18. The lowest BCUT2D eigenvalue weighted by Gasteiger charge is -2.14. The maximum Gasteiger partial charge on any atom is 0.273 e. The smallest absolute Gasteiger partial charge is 0.273 e. The van der Waals surface area contributed by atoms with Crippen LogP contribution in [-0.4, -0.2) is 29.4 Å². The molecule has 0 fully saturated rings. The predicted molar refractivity (Wildman–Crippen MR) is 91.2 cm³/mol. The molecule has 0 atom stereocenters. The fraction of sp³-hybridized carbons (Fsp3) is 0.444. The Morgan fingerprint density at radius 3 is 2.30 bits per heavy atom. The minimum atomic E-state index is -0.398. The highest BCUT2D eigenvalue weighted by Crippen LogP contribution is 2.32. The number of carbonyl (C=O) groups is 2. The van der Waals surface area contributed by atoms with Gasteiger partial charge in [-0.3, -0.25) is 14.5 Å². The van der Waals surface area contributed by atoms with Gasteiger partial charge in [-0.2, -0.15) is 0 Å². The van der Waals surface area contributed by atoms with Gasteiger partial charge in [0.25, 0.3) is 11.8 Å². The summed E-state index contributed by atoms with van der Waals surface area (Å²) in [7, 11) is 0. The zero-order valence-corrected chi connectivity index (χ0v) is 14.5. The van der Waals surface area contributed by atoms with Crippen LogP contribution in [0.3, 0.4) is 0 Å². The standard InChI is InChI=1S/C18H22ClNO3/c1-4-5-6-11-20-17(21)15(16(19)18(20)22)13-7-9-14(10-8-13)23-12(2)3/h7-10,12H,4-6,11H2,1-3H3. The second-order valence-electron chi connectivity index (χ2n) is 5.85. The Hall–Kier alpha value is -1.81. The van der Waals surface area contributed by atoms with E-state index in [1.807, 2.05) is 13.8 Å². The molecule has 5 heteroatoms. The molecule has 1 aliphatic rings. The first-order chi connectivity index (χ1) is 11.0. The number of nitrogens with zero attached hydrogens (tertiary/aromatic N) is 1. The van der Waals surface area contributed by atoms with Crippen molar-refractivity contribution in [2.24, 2.45) is 0 Å². The highest BCUT2D eigenvalue weighted by Gasteiger charge is 2.37. The molecule has 1 aromatic rings. The molecule has 0 bridgehead atoms. The van der Waals surface area contributed by atoms with E-state index in [1.165, 1.54) is 4.90 Å². The van der Waals surface area contributed by atoms with E-state index in [9.17, 15) is 9.59 Å². The topological polar surface area (TPSA) is 46.6 Å². The summed E-state index contributed by atoms with van der Waals surface area (Å²) >= 11 is 6.13. The molecule has 0 radical (unpaired) electrons. The molecule has 124 valence electrons. The summed E-state index contributed by atoms with van der Waals surface area (Å²) in [6, 6.07) is 7.08. The maximum absolute atomic E-state index is 12.5. The van der Waals surface area contributed by atoms with Crippen LogP contribution in [0.2, 0.25) is 0 Å². The monoisotopic (exact) mass is 335 g/mol. The Kier molecular flexibility index (Phi) is 5.83. The number of hydrogen-bond donors (Lipinski definition) is 0. The zero-order valence-electron chi connectivity index (χ0n) is 13.8. The van der Waals surface area contributed by atoms with Gasteiger partial charge >= 0.3 is 0 Å². The summed E-state index contributed by atoms with van der Waals surface area (Å²) in [5, 5.41) is 0.00373. The van der Waals surface area contributed by atoms with Crippen molar-refractivity contribution in [1.82, 2.24) is 4.90 Å². The van der Waals surface area contributed by atoms with Crippen molar-refractivity contribution in [2.75, 3.05) is 6.54 Å². The lowest BCUT2D eigenvalue weighted by molar-refractivity contribution is -0.136. The first kappa shape index (κ1) is 17.5. The van der Waals surface area contributed by atoms with Crippen molar-refractivity contribution in [3.63, 3.8) is 0 Å². The molecule has 23 heavy (non-hydrogen) atoms. The summed E-state index contributed by atoms with van der Waals surface area (Å²) in [5.41, 5.74) is 0.923. The molecule has 0 saturated carbocycles. The van der Waals surface area contributed by atoms with E-state index >= 15 is 0 Å². The largest absolute Gasteiger partial charge is 0.491 e. The number of hydrogen-bond acceptors (Lipinski definition) is 3. The van der Waals surface area contributed by atoms with Crippen LogP contribution < -0.4 is 4.74 Å². The van der Waals surface area contributed by atoms with E-state index in [-0.39, 0.29) is 22.6 Å². The molecule has 0 aliphatic carbocycles. The fourth-order valence-corrected chi connectivity index (χ4v) is 2.78. The molecular formula is C18H22ClNO3. The van der Waals surface area contributed by atoms with Crippen molar-refractivity contribution < 1.29 is 14.3 Å². The molecule has 0 spiro atoms. The Labute approximate surface area is 142 Å². The first-order valence-electron chi connectivity index (χ1n) is 7.98. The van der Waals surface area contributed by atoms with Crippen molar-refractivity contribution in [3.8, 4) is 5.75 Å². The quantitative estimate of drug-likeness (QED) is 0.559. The van der Waals surface area contributed by atoms with E-state index in [0.717, 1.165) is 25.0 Å². The third-order valence-corrected chi connectivity index (χ3v) is 3.96. The fourth-order valence-electron chi connectivity index (χ4n) is 2.49. The van der Waals surface area contributed by atoms with Gasteiger partial charge in [-0.1, -0.05) is 43.5 Å². The Morgan fingerprint density at radius 2 is 1.74 bits per heavy atom. The lowest BCUT2D eigenvalue weighted by Crippen LogP contribution is -2.32. The average Bonchev–Trinajstić information content (AvgIpc) is 2.71. The van der Waals surface area contributed by atoms with E-state index in [1.54, 1.807) is 24.3 Å². The zero-order chi connectivity index (χ0) is 17.0. The Morgan fingerprint density at radius 1 is 1.09 bits per heavy atom. The summed E-state index contributed by atoms with van der Waals surface area (Å²) < 4.78 is 5.58. The second-order valence-corrected chi connectivity index (χ2v) is 6.23. The number of rotatable bonds is 7. The van der Waals surface area contributed by atoms with Crippen molar-refractivity contribution in [1.29, 1.82) is 0 Å². The van der Waals surface area contributed by atoms with Crippen LogP contribution in [0.15, 0.2) is 29.3 Å². The Bertz CT molecular complexity index is 620. The van der Waals surface area contributed by atoms with Crippen molar-refractivity contribution >= 4 is 29.0 Å². The number of imide groups is 1. The van der Waals surface area contributed by atoms with Crippen LogP contribution in [0.4, 0.5) is 0 Å². The molecule has 0 saturated heterocycles. The molecule has 1 heterocycles. The normalized spacial score (nSPS) is 15.1. The van der Waals surface area contributed by atoms with E-state index in [0.29, 0.717) is 12.1 Å². The molecule has 0 unspecified atom stereocenters. The summed E-state index contributed by atoms with van der Waals surface area (Å²) in [4.78, 5) is 26.0. The van der Waals surface area contributed by atoms with E-state index in [2.05, 4.69) is 6.92 Å². The summed E-state index contributed by atoms with van der Waals surface area (Å²) in [6.07, 6.45) is 2.88. The SMILES string of the molecule is CCCCCN1C(=O)C(Cl)=C(c2ccc(OC(C)C)cc2)C1=O. The van der Waals surface area contributed by atoms with E-state index in [4.69, 9.17) is 16.3 Å². The third-order valence-electron chi connectivity index (χ3n) is 3.61. The highest BCUT2D eigenvalue weighted by molar-refractivity contribution is 6.55. The second kappa shape index (κ2) is 7.64. The number of unbranched alkanes of at least 4 members (excludes halogenated alkanes) is 2. The molecule has 2 amide bonds. The molecular weight excluding hydrogens is 314 g/mol. The van der Waals surface area contributed by atoms with Gasteiger partial charge in [0, 0.05) is 6.54 Å². The molecule has 1 aliphatic heterocycles. The van der Waals surface area contributed by atoms with Gasteiger partial charge in [0.15, 0.2) is 0 Å². The van der Waals surface area contributed by atoms with Crippen LogP contribution in [0.5, 0.6) is 5.75 Å². The number of ether oxygens (including phenoxy) is 1. The van der Waals surface area contributed by atoms with Crippen molar-refractivity contribution in [2.45, 2.75) is 46.1 Å². The third kappa shape index (κ3) is 3.94. The van der Waals surface area contributed by atoms with Crippen LogP contribution in [0.1, 0.15) is 45.6 Å². The molecule has 1 aromatic carbocycles. The highest BCUT2D eigenvalue weighted by atomic mass is 35.5. The number of halogens is 1. The predicted octanol–water partition coefficient (Wildman–Crippen LogP) is 3.98. The van der Waals surface area contributed by atoms with Crippen LogP contribution in [0, 0.1) is 0 Å². The molecule has 0 N–H and O–H groups in total. The molecule has 4 nitrogen and oxygen atoms in total. The van der Waals surface area contributed by atoms with Gasteiger partial charge < -0.3 is 4.74 Å². The maximum atomic E-state index is 12.5. The van der Waals surface area contributed by atoms with Gasteiger partial charge in [-0.05, 0) is 38.0 Å². The van der Waals surface area contributed by atoms with Gasteiger partial charge in [0.2, 0.25) is 0 Å². The number of benzene rings is 1. The molecule has 0 aromatic heterocycles. The van der Waals surface area contributed by atoms with Crippen LogP contribution in [0.25, 0.3) is 5.57 Å². The first-order valence-corrected chi connectivity index (χ1v) is 8.36. The number of amides is 2. The van der Waals surface area contributed by atoms with Gasteiger partial charge in [0.1, 0.15) is 10.8 Å². The minimum absolute atomic E-state index is 0.00373. The van der Waals surface area contributed by atoms with Gasteiger partial charge in [-0.25, -0.2) is 0 Å². The average molecular weight is 336 g/mol. The van der Waals surface area contributed by atoms with Gasteiger partial charge in [-0.15, -0.1) is 0 Å². The van der Waals surface area contributed by atoms with Gasteiger partial charge in [0.05, 0.1) is 11.7 Å². The summed E-state index contributed by atoms with van der Waals surface area (Å²) in [5.74, 6) is 0.0101. The van der Waals surface area contributed by atoms with Crippen LogP contribution in [-0.2, 0) is 9.59 Å².